The monoisotopic (exact) mass is 395 g/mol. The summed E-state index contributed by atoms with van der Waals surface area (Å²) in [5.74, 6) is 0.139. The van der Waals surface area contributed by atoms with Crippen molar-refractivity contribution in [1.82, 2.24) is 15.5 Å². The minimum absolute atomic E-state index is 0.0571. The van der Waals surface area contributed by atoms with E-state index < -0.39 is 12.1 Å². The number of benzene rings is 2. The van der Waals surface area contributed by atoms with E-state index >= 15 is 0 Å². The molecule has 152 valence electrons. The number of hydrogen-bond donors (Lipinski definition) is 2. The van der Waals surface area contributed by atoms with Crippen LogP contribution in [0.15, 0.2) is 54.6 Å². The minimum atomic E-state index is -0.810. The third kappa shape index (κ3) is 5.57. The molecule has 0 bridgehead atoms. The van der Waals surface area contributed by atoms with Gasteiger partial charge in [-0.3, -0.25) is 14.5 Å². The Labute approximate surface area is 170 Å². The molecule has 1 heterocycles. The minimum Gasteiger partial charge on any atom is -0.497 e. The van der Waals surface area contributed by atoms with Crippen LogP contribution in [0.25, 0.3) is 0 Å². The first kappa shape index (κ1) is 20.4. The molecule has 0 spiro atoms. The predicted octanol–water partition coefficient (Wildman–Crippen LogP) is 1.91. The molecule has 7 heteroatoms. The van der Waals surface area contributed by atoms with Crippen LogP contribution in [0.3, 0.4) is 0 Å². The van der Waals surface area contributed by atoms with Gasteiger partial charge in [-0.05, 0) is 36.1 Å². The Morgan fingerprint density at radius 1 is 1.03 bits per heavy atom. The molecule has 1 saturated heterocycles. The number of carbonyl (C=O) groups is 3. The van der Waals surface area contributed by atoms with E-state index in [0.717, 1.165) is 16.9 Å². The first-order valence-electron chi connectivity index (χ1n) is 9.62. The number of amides is 4. The topological polar surface area (TPSA) is 87.7 Å². The summed E-state index contributed by atoms with van der Waals surface area (Å²) in [5, 5.41) is 5.41. The van der Waals surface area contributed by atoms with E-state index in [2.05, 4.69) is 10.6 Å². The highest BCUT2D eigenvalue weighted by Crippen LogP contribution is 2.14. The van der Waals surface area contributed by atoms with Gasteiger partial charge in [0, 0.05) is 13.1 Å². The van der Waals surface area contributed by atoms with Gasteiger partial charge in [-0.15, -0.1) is 0 Å². The first-order valence-corrected chi connectivity index (χ1v) is 9.62. The number of imide groups is 1. The van der Waals surface area contributed by atoms with E-state index in [1.807, 2.05) is 54.6 Å². The van der Waals surface area contributed by atoms with Crippen LogP contribution in [-0.2, 0) is 22.4 Å². The summed E-state index contributed by atoms with van der Waals surface area (Å²) in [6.07, 6.45) is 1.20. The predicted molar refractivity (Wildman–Crippen MR) is 109 cm³/mol. The number of carbonyl (C=O) groups excluding carboxylic acids is 3. The summed E-state index contributed by atoms with van der Waals surface area (Å²) < 4.78 is 5.12. The molecule has 29 heavy (non-hydrogen) atoms. The lowest BCUT2D eigenvalue weighted by molar-refractivity contribution is -0.130. The van der Waals surface area contributed by atoms with Gasteiger partial charge in [0.15, 0.2) is 0 Å². The maximum absolute atomic E-state index is 12.5. The molecule has 7 nitrogen and oxygen atoms in total. The summed E-state index contributed by atoms with van der Waals surface area (Å²) in [6, 6.07) is 16.0. The van der Waals surface area contributed by atoms with Crippen LogP contribution in [0.2, 0.25) is 0 Å². The largest absolute Gasteiger partial charge is 0.497 e. The van der Waals surface area contributed by atoms with Gasteiger partial charge >= 0.3 is 6.03 Å². The van der Waals surface area contributed by atoms with Gasteiger partial charge in [-0.25, -0.2) is 4.79 Å². The Hall–Kier alpha value is -3.35. The Kier molecular flexibility index (Phi) is 6.84. The van der Waals surface area contributed by atoms with Gasteiger partial charge in [0.2, 0.25) is 5.91 Å². The molecule has 0 aromatic heterocycles. The molecule has 0 aliphatic carbocycles. The van der Waals surface area contributed by atoms with Gasteiger partial charge < -0.3 is 15.4 Å². The Bertz CT molecular complexity index is 852. The van der Waals surface area contributed by atoms with Gasteiger partial charge in [-0.1, -0.05) is 42.5 Å². The van der Waals surface area contributed by atoms with Crippen molar-refractivity contribution in [3.05, 3.63) is 65.7 Å². The summed E-state index contributed by atoms with van der Waals surface area (Å²) in [6.45, 7) is 0.752. The quantitative estimate of drug-likeness (QED) is 0.635. The fourth-order valence-electron chi connectivity index (χ4n) is 3.21. The summed E-state index contributed by atoms with van der Waals surface area (Å²) in [4.78, 5) is 38.0. The number of nitrogens with one attached hydrogen (secondary N) is 2. The summed E-state index contributed by atoms with van der Waals surface area (Å²) >= 11 is 0. The van der Waals surface area contributed by atoms with Crippen molar-refractivity contribution >= 4 is 17.8 Å². The standard InChI is InChI=1S/C22H25N3O4/c1-29-18-9-7-17(8-10-18)12-14-25-21(27)19(24-22(25)28)15-20(26)23-13-11-16-5-3-2-4-6-16/h2-10,19H,11-15H2,1H3,(H,23,26)(H,24,28)/t19-/m1/s1. The second kappa shape index (κ2) is 9.73. The lowest BCUT2D eigenvalue weighted by atomic mass is 10.1. The number of ether oxygens (including phenoxy) is 1. The van der Waals surface area contributed by atoms with Crippen LogP contribution < -0.4 is 15.4 Å². The molecule has 1 aliphatic rings. The van der Waals surface area contributed by atoms with E-state index in [1.165, 1.54) is 4.90 Å². The van der Waals surface area contributed by atoms with Crippen molar-refractivity contribution in [3.63, 3.8) is 0 Å². The van der Waals surface area contributed by atoms with Gasteiger partial charge in [0.05, 0.1) is 13.5 Å². The highest BCUT2D eigenvalue weighted by atomic mass is 16.5. The number of rotatable bonds is 9. The average Bonchev–Trinajstić information content (AvgIpc) is 3.00. The Balaban J connectivity index is 1.44. The zero-order valence-electron chi connectivity index (χ0n) is 16.4. The van der Waals surface area contributed by atoms with E-state index in [1.54, 1.807) is 7.11 Å². The van der Waals surface area contributed by atoms with E-state index in [9.17, 15) is 14.4 Å². The second-order valence-electron chi connectivity index (χ2n) is 6.88. The van der Waals surface area contributed by atoms with E-state index in [0.29, 0.717) is 19.4 Å². The van der Waals surface area contributed by atoms with Crippen molar-refractivity contribution in [1.29, 1.82) is 0 Å². The van der Waals surface area contributed by atoms with E-state index in [4.69, 9.17) is 4.74 Å². The number of nitrogens with zero attached hydrogens (tertiary/aromatic N) is 1. The third-order valence-electron chi connectivity index (χ3n) is 4.86. The van der Waals surface area contributed by atoms with Crippen LogP contribution in [-0.4, -0.2) is 49.0 Å². The van der Waals surface area contributed by atoms with Crippen LogP contribution in [0, 0.1) is 0 Å². The molecule has 2 N–H and O–H groups in total. The van der Waals surface area contributed by atoms with Crippen LogP contribution >= 0.6 is 0 Å². The first-order chi connectivity index (χ1) is 14.1. The highest BCUT2D eigenvalue weighted by molar-refractivity contribution is 6.05. The summed E-state index contributed by atoms with van der Waals surface area (Å²) in [7, 11) is 1.60. The molecule has 0 saturated carbocycles. The van der Waals surface area contributed by atoms with Crippen molar-refractivity contribution in [2.24, 2.45) is 0 Å². The Morgan fingerprint density at radius 2 is 1.72 bits per heavy atom. The van der Waals surface area contributed by atoms with Crippen LogP contribution in [0.4, 0.5) is 4.79 Å². The van der Waals surface area contributed by atoms with Crippen molar-refractivity contribution in [3.8, 4) is 5.75 Å². The fourth-order valence-corrected chi connectivity index (χ4v) is 3.21. The van der Waals surface area contributed by atoms with Gasteiger partial charge in [0.1, 0.15) is 11.8 Å². The molecule has 3 rings (SSSR count). The Morgan fingerprint density at radius 3 is 2.41 bits per heavy atom. The van der Waals surface area contributed by atoms with Gasteiger partial charge in [-0.2, -0.15) is 0 Å². The molecular formula is C22H25N3O4. The molecular weight excluding hydrogens is 370 g/mol. The van der Waals surface area contributed by atoms with Crippen LogP contribution in [0.1, 0.15) is 17.5 Å². The van der Waals surface area contributed by atoms with Crippen molar-refractivity contribution in [2.45, 2.75) is 25.3 Å². The van der Waals surface area contributed by atoms with Crippen molar-refractivity contribution < 1.29 is 19.1 Å². The lowest BCUT2D eigenvalue weighted by Crippen LogP contribution is -2.37. The highest BCUT2D eigenvalue weighted by Gasteiger charge is 2.38. The molecule has 0 unspecified atom stereocenters. The van der Waals surface area contributed by atoms with Crippen LogP contribution in [0.5, 0.6) is 5.75 Å². The fraction of sp³-hybridized carbons (Fsp3) is 0.318. The molecule has 0 radical (unpaired) electrons. The lowest BCUT2D eigenvalue weighted by Gasteiger charge is -2.13. The summed E-state index contributed by atoms with van der Waals surface area (Å²) in [5.41, 5.74) is 2.12. The molecule has 2 aromatic carbocycles. The average molecular weight is 395 g/mol. The van der Waals surface area contributed by atoms with Crippen molar-refractivity contribution in [2.75, 3.05) is 20.2 Å². The van der Waals surface area contributed by atoms with E-state index in [-0.39, 0.29) is 24.8 Å². The maximum atomic E-state index is 12.5. The normalized spacial score (nSPS) is 15.9. The second-order valence-corrected chi connectivity index (χ2v) is 6.88. The number of urea groups is 1. The molecule has 4 amide bonds. The van der Waals surface area contributed by atoms with Gasteiger partial charge in [0.25, 0.3) is 5.91 Å². The zero-order chi connectivity index (χ0) is 20.6. The maximum Gasteiger partial charge on any atom is 0.324 e. The number of methoxy groups -OCH3 is 1. The number of hydrogen-bond acceptors (Lipinski definition) is 4. The molecule has 1 atom stereocenters. The third-order valence-corrected chi connectivity index (χ3v) is 4.86. The molecule has 1 aliphatic heterocycles. The SMILES string of the molecule is COc1ccc(CCN2C(=O)N[C@H](CC(=O)NCCc3ccccc3)C2=O)cc1. The zero-order valence-corrected chi connectivity index (χ0v) is 16.4. The smallest absolute Gasteiger partial charge is 0.324 e. The molecule has 1 fully saturated rings. The molecule has 2 aromatic rings.